The summed E-state index contributed by atoms with van der Waals surface area (Å²) in [6.45, 7) is 12.0. The van der Waals surface area contributed by atoms with Crippen LogP contribution in [0.3, 0.4) is 0 Å². The van der Waals surface area contributed by atoms with Gasteiger partial charge in [0.15, 0.2) is 0 Å². The molecule has 0 aromatic heterocycles. The summed E-state index contributed by atoms with van der Waals surface area (Å²) in [7, 11) is 0. The number of nitrogens with zero attached hydrogens (tertiary/aromatic N) is 1. The van der Waals surface area contributed by atoms with Crippen LogP contribution in [0, 0.1) is 5.92 Å². The highest BCUT2D eigenvalue weighted by molar-refractivity contribution is 5.96. The minimum absolute atomic E-state index is 0.179. The van der Waals surface area contributed by atoms with Crippen LogP contribution in [0.2, 0.25) is 0 Å². The molecule has 3 N–H and O–H groups in total. The average Bonchev–Trinajstić information content (AvgIpc) is 2.79. The molecule has 7 nitrogen and oxygen atoms in total. The third-order valence-electron chi connectivity index (χ3n) is 5.80. The highest BCUT2D eigenvalue weighted by atomic mass is 16.5. The van der Waals surface area contributed by atoms with Crippen LogP contribution in [-0.4, -0.2) is 62.9 Å². The number of hydrogen-bond donors (Lipinski definition) is 2. The lowest BCUT2D eigenvalue weighted by molar-refractivity contribution is -0.118. The van der Waals surface area contributed by atoms with Crippen LogP contribution in [0.1, 0.15) is 52.9 Å². The van der Waals surface area contributed by atoms with Crippen molar-refractivity contribution in [2.75, 3.05) is 51.4 Å². The van der Waals surface area contributed by atoms with Crippen molar-refractivity contribution in [3.05, 3.63) is 18.2 Å². The van der Waals surface area contributed by atoms with Crippen molar-refractivity contribution in [3.63, 3.8) is 0 Å². The van der Waals surface area contributed by atoms with Crippen LogP contribution in [0.25, 0.3) is 0 Å². The van der Waals surface area contributed by atoms with Crippen molar-refractivity contribution in [3.8, 4) is 11.5 Å². The maximum Gasteiger partial charge on any atom is 0.241 e. The lowest BCUT2D eigenvalue weighted by Crippen LogP contribution is -2.38. The first-order valence-electron chi connectivity index (χ1n) is 11.8. The third-order valence-corrected chi connectivity index (χ3v) is 5.80. The number of benzene rings is 1. The normalized spacial score (nSPS) is 15.6. The zero-order valence-corrected chi connectivity index (χ0v) is 19.5. The zero-order valence-electron chi connectivity index (χ0n) is 19.5. The molecule has 0 aliphatic carbocycles. The first-order chi connectivity index (χ1) is 15.1. The molecule has 0 bridgehead atoms. The van der Waals surface area contributed by atoms with E-state index >= 15 is 0 Å². The van der Waals surface area contributed by atoms with Gasteiger partial charge in [0, 0.05) is 25.8 Å². The number of carbonyl (C=O) groups excluding carboxylic acids is 1. The molecule has 176 valence electrons. The van der Waals surface area contributed by atoms with E-state index in [1.54, 1.807) is 0 Å². The van der Waals surface area contributed by atoms with Crippen molar-refractivity contribution in [1.82, 2.24) is 4.90 Å². The lowest BCUT2D eigenvalue weighted by Gasteiger charge is -2.24. The van der Waals surface area contributed by atoms with E-state index in [4.69, 9.17) is 19.9 Å². The van der Waals surface area contributed by atoms with Crippen molar-refractivity contribution < 1.29 is 19.0 Å². The maximum atomic E-state index is 12.7. The van der Waals surface area contributed by atoms with Gasteiger partial charge in [-0.3, -0.25) is 4.79 Å². The number of unbranched alkanes of at least 4 members (excludes halogenated alkanes) is 1. The van der Waals surface area contributed by atoms with E-state index in [-0.39, 0.29) is 5.91 Å². The predicted molar refractivity (Wildman–Crippen MR) is 125 cm³/mol. The monoisotopic (exact) mass is 435 g/mol. The number of likely N-dealkylation sites (N-methyl/N-ethyl adjacent to an activating group) is 1. The molecule has 1 unspecified atom stereocenters. The Balaban J connectivity index is 1.97. The number of ether oxygens (including phenoxy) is 3. The minimum atomic E-state index is -0.545. The van der Waals surface area contributed by atoms with Gasteiger partial charge >= 0.3 is 0 Å². The minimum Gasteiger partial charge on any atom is -0.492 e. The predicted octanol–water partition coefficient (Wildman–Crippen LogP) is 3.67. The number of rotatable bonds is 14. The molecule has 1 fully saturated rings. The highest BCUT2D eigenvalue weighted by Gasteiger charge is 2.22. The summed E-state index contributed by atoms with van der Waals surface area (Å²) in [6, 6.07) is 5.02. The number of nitrogens with two attached hydrogens (primary N) is 1. The summed E-state index contributed by atoms with van der Waals surface area (Å²) in [5.74, 6) is 1.63. The lowest BCUT2D eigenvalue weighted by atomic mass is 9.92. The molecule has 2 rings (SSSR count). The Bertz CT molecular complexity index is 646. The molecule has 1 heterocycles. The van der Waals surface area contributed by atoms with Crippen LogP contribution in [0.4, 0.5) is 5.69 Å². The van der Waals surface area contributed by atoms with Crippen molar-refractivity contribution in [1.29, 1.82) is 0 Å². The summed E-state index contributed by atoms with van der Waals surface area (Å²) in [5, 5.41) is 2.96. The van der Waals surface area contributed by atoms with E-state index in [9.17, 15) is 4.79 Å². The van der Waals surface area contributed by atoms with Crippen LogP contribution in [0.5, 0.6) is 11.5 Å². The second-order valence-electron chi connectivity index (χ2n) is 8.12. The SMILES string of the molecule is CCCCOc1cc(OCCN(CC)CC)ccc1NC(=O)C(N)CC1CCOCC1. The molecule has 0 spiro atoms. The standard InChI is InChI=1S/C24H41N3O4/c1-4-7-13-31-23-18-20(30-16-12-27(5-2)6-3)8-9-22(23)26-24(28)21(25)17-19-10-14-29-15-11-19/h8-9,18-19,21H,4-7,10-17,25H2,1-3H3,(H,26,28). The van der Waals surface area contributed by atoms with E-state index in [0.717, 1.165) is 64.3 Å². The van der Waals surface area contributed by atoms with E-state index in [1.165, 1.54) is 0 Å². The molecule has 1 atom stereocenters. The van der Waals surface area contributed by atoms with E-state index in [2.05, 4.69) is 31.0 Å². The number of amides is 1. The quantitative estimate of drug-likeness (QED) is 0.434. The Kier molecular flexibility index (Phi) is 11.7. The maximum absolute atomic E-state index is 12.7. The summed E-state index contributed by atoms with van der Waals surface area (Å²) in [5.41, 5.74) is 6.83. The van der Waals surface area contributed by atoms with Gasteiger partial charge in [0.25, 0.3) is 0 Å². The fourth-order valence-electron chi connectivity index (χ4n) is 3.65. The number of carbonyl (C=O) groups is 1. The van der Waals surface area contributed by atoms with E-state index in [1.807, 2.05) is 18.2 Å². The summed E-state index contributed by atoms with van der Waals surface area (Å²) in [6.07, 6.45) is 4.59. The fourth-order valence-corrected chi connectivity index (χ4v) is 3.65. The van der Waals surface area contributed by atoms with Gasteiger partial charge in [-0.25, -0.2) is 0 Å². The van der Waals surface area contributed by atoms with Crippen LogP contribution in [-0.2, 0) is 9.53 Å². The molecule has 0 saturated carbocycles. The van der Waals surface area contributed by atoms with Crippen LogP contribution < -0.4 is 20.5 Å². The summed E-state index contributed by atoms with van der Waals surface area (Å²) in [4.78, 5) is 15.0. The Labute approximate surface area is 187 Å². The van der Waals surface area contributed by atoms with Crippen molar-refractivity contribution in [2.24, 2.45) is 11.7 Å². The largest absolute Gasteiger partial charge is 0.492 e. The van der Waals surface area contributed by atoms with Crippen LogP contribution in [0.15, 0.2) is 18.2 Å². The third kappa shape index (κ3) is 9.05. The molecule has 0 radical (unpaired) electrons. The number of nitrogens with one attached hydrogen (secondary N) is 1. The van der Waals surface area contributed by atoms with Gasteiger partial charge in [0.05, 0.1) is 18.3 Å². The Morgan fingerprint density at radius 3 is 2.61 bits per heavy atom. The van der Waals surface area contributed by atoms with Gasteiger partial charge < -0.3 is 30.2 Å². The molecule has 1 aromatic carbocycles. The molecule has 1 aliphatic rings. The number of anilines is 1. The smallest absolute Gasteiger partial charge is 0.241 e. The van der Waals surface area contributed by atoms with Crippen LogP contribution >= 0.6 is 0 Å². The number of hydrogen-bond acceptors (Lipinski definition) is 6. The van der Waals surface area contributed by atoms with Crippen molar-refractivity contribution >= 4 is 11.6 Å². The Morgan fingerprint density at radius 2 is 1.94 bits per heavy atom. The molecule has 1 aliphatic heterocycles. The van der Waals surface area contributed by atoms with Gasteiger partial charge in [-0.15, -0.1) is 0 Å². The second-order valence-corrected chi connectivity index (χ2v) is 8.12. The second kappa shape index (κ2) is 14.3. The fraction of sp³-hybridized carbons (Fsp3) is 0.708. The zero-order chi connectivity index (χ0) is 22.5. The van der Waals surface area contributed by atoms with E-state index in [0.29, 0.717) is 37.0 Å². The topological polar surface area (TPSA) is 86.1 Å². The average molecular weight is 436 g/mol. The first-order valence-corrected chi connectivity index (χ1v) is 11.8. The van der Waals surface area contributed by atoms with E-state index < -0.39 is 6.04 Å². The molecule has 1 aromatic rings. The van der Waals surface area contributed by atoms with Gasteiger partial charge in [0.2, 0.25) is 5.91 Å². The molecular weight excluding hydrogens is 394 g/mol. The molecule has 1 amide bonds. The Hall–Kier alpha value is -1.83. The van der Waals surface area contributed by atoms with Gasteiger partial charge in [-0.2, -0.15) is 0 Å². The van der Waals surface area contributed by atoms with Gasteiger partial charge in [-0.1, -0.05) is 27.2 Å². The van der Waals surface area contributed by atoms with Gasteiger partial charge in [0.1, 0.15) is 18.1 Å². The summed E-state index contributed by atoms with van der Waals surface area (Å²) < 4.78 is 17.3. The molecule has 7 heteroatoms. The summed E-state index contributed by atoms with van der Waals surface area (Å²) >= 11 is 0. The highest BCUT2D eigenvalue weighted by Crippen LogP contribution is 2.30. The molecule has 1 saturated heterocycles. The first kappa shape index (κ1) is 25.4. The molecular formula is C24H41N3O4. The Morgan fingerprint density at radius 1 is 1.19 bits per heavy atom. The van der Waals surface area contributed by atoms with Gasteiger partial charge in [-0.05, 0) is 56.8 Å². The van der Waals surface area contributed by atoms with Crippen molar-refractivity contribution in [2.45, 2.75) is 58.9 Å². The molecule has 31 heavy (non-hydrogen) atoms.